The summed E-state index contributed by atoms with van der Waals surface area (Å²) in [5, 5.41) is 8.48. The van der Waals surface area contributed by atoms with Gasteiger partial charge in [0.05, 0.1) is 5.92 Å². The number of rotatable bonds is 15. The molecule has 0 amide bonds. The molecule has 3 nitrogen and oxygen atoms in total. The SMILES string of the molecule is CCCCCC(C)C(=O)O.CCC[CH2][Sn]([CH2]CCC)([CH2]CCC)[c]1ccco1. The van der Waals surface area contributed by atoms with Crippen LogP contribution in [0, 0.1) is 5.92 Å². The van der Waals surface area contributed by atoms with Gasteiger partial charge in [0.25, 0.3) is 0 Å². The Morgan fingerprint density at radius 2 is 1.43 bits per heavy atom. The Bertz CT molecular complexity index is 448. The van der Waals surface area contributed by atoms with Crippen LogP contribution in [0.4, 0.5) is 0 Å². The number of carboxylic acid groups (broad SMARTS) is 1. The third-order valence-corrected chi connectivity index (χ3v) is 20.8. The minimum absolute atomic E-state index is 0.161. The van der Waals surface area contributed by atoms with E-state index in [0.717, 1.165) is 25.7 Å². The van der Waals surface area contributed by atoms with Crippen LogP contribution < -0.4 is 3.78 Å². The molecule has 0 saturated heterocycles. The summed E-state index contributed by atoms with van der Waals surface area (Å²) in [6.07, 6.45) is 14.3. The minimum atomic E-state index is -2.20. The molecule has 0 spiro atoms. The molecule has 0 radical (unpaired) electrons. The van der Waals surface area contributed by atoms with Crippen LogP contribution in [0.25, 0.3) is 0 Å². The van der Waals surface area contributed by atoms with Gasteiger partial charge in [0.2, 0.25) is 0 Å². The number of carboxylic acids is 1. The Morgan fingerprint density at radius 3 is 1.79 bits per heavy atom. The second kappa shape index (κ2) is 17.4. The first-order chi connectivity index (χ1) is 13.5. The average Bonchev–Trinajstić information content (AvgIpc) is 3.24. The van der Waals surface area contributed by atoms with Gasteiger partial charge in [0.1, 0.15) is 0 Å². The molecule has 1 aromatic rings. The first-order valence-electron chi connectivity index (χ1n) is 11.7. The van der Waals surface area contributed by atoms with Crippen molar-refractivity contribution in [1.29, 1.82) is 0 Å². The molecule has 0 aliphatic rings. The fourth-order valence-electron chi connectivity index (χ4n) is 3.69. The number of hydrogen-bond donors (Lipinski definition) is 1. The molecule has 1 atom stereocenters. The van der Waals surface area contributed by atoms with Gasteiger partial charge in [-0.1, -0.05) is 33.1 Å². The molecule has 1 unspecified atom stereocenters. The predicted octanol–water partition coefficient (Wildman–Crippen LogP) is 7.62. The van der Waals surface area contributed by atoms with Gasteiger partial charge in [-0.15, -0.1) is 0 Å². The van der Waals surface area contributed by atoms with Gasteiger partial charge in [-0.3, -0.25) is 4.79 Å². The van der Waals surface area contributed by atoms with Gasteiger partial charge in [-0.05, 0) is 6.42 Å². The summed E-state index contributed by atoms with van der Waals surface area (Å²) in [7, 11) is 0. The van der Waals surface area contributed by atoms with Crippen LogP contribution in [0.1, 0.15) is 98.8 Å². The summed E-state index contributed by atoms with van der Waals surface area (Å²) in [5.41, 5.74) is 0. The van der Waals surface area contributed by atoms with Crippen molar-refractivity contribution in [3.8, 4) is 0 Å². The van der Waals surface area contributed by atoms with E-state index in [1.165, 1.54) is 55.6 Å². The summed E-state index contributed by atoms with van der Waals surface area (Å²) in [4.78, 5) is 10.3. The Balaban J connectivity index is 0.000000621. The average molecular weight is 501 g/mol. The fourth-order valence-corrected chi connectivity index (χ4v) is 19.0. The van der Waals surface area contributed by atoms with Gasteiger partial charge < -0.3 is 5.11 Å². The van der Waals surface area contributed by atoms with E-state index in [4.69, 9.17) is 9.52 Å². The van der Waals surface area contributed by atoms with Crippen LogP contribution in [-0.4, -0.2) is 29.5 Å². The fraction of sp³-hybridized carbons (Fsp3) is 0.792. The van der Waals surface area contributed by atoms with E-state index in [9.17, 15) is 4.79 Å². The zero-order chi connectivity index (χ0) is 21.3. The van der Waals surface area contributed by atoms with E-state index in [2.05, 4.69) is 39.8 Å². The third kappa shape index (κ3) is 11.5. The van der Waals surface area contributed by atoms with Crippen molar-refractivity contribution in [3.63, 3.8) is 0 Å². The van der Waals surface area contributed by atoms with Crippen molar-refractivity contribution in [2.45, 2.75) is 112 Å². The first-order valence-corrected chi connectivity index (χ1v) is 19.2. The van der Waals surface area contributed by atoms with Gasteiger partial charge in [-0.2, -0.15) is 0 Å². The Hall–Kier alpha value is -0.451. The molecule has 1 N–H and O–H groups in total. The molecular formula is C24H46O3Sn. The molecule has 1 heterocycles. The molecule has 0 bridgehead atoms. The summed E-state index contributed by atoms with van der Waals surface area (Å²) in [6.45, 7) is 10.8. The van der Waals surface area contributed by atoms with Gasteiger partial charge in [0, 0.05) is 0 Å². The third-order valence-electron chi connectivity index (χ3n) is 5.73. The molecule has 1 aromatic heterocycles. The van der Waals surface area contributed by atoms with E-state index < -0.39 is 24.3 Å². The van der Waals surface area contributed by atoms with E-state index in [-0.39, 0.29) is 5.92 Å². The van der Waals surface area contributed by atoms with Crippen molar-refractivity contribution in [3.05, 3.63) is 18.4 Å². The number of aliphatic carboxylic acids is 1. The maximum absolute atomic E-state index is 10.3. The summed E-state index contributed by atoms with van der Waals surface area (Å²) >= 11 is -2.20. The summed E-state index contributed by atoms with van der Waals surface area (Å²) in [6, 6.07) is 4.39. The number of unbranched alkanes of at least 4 members (excludes halogenated alkanes) is 5. The van der Waals surface area contributed by atoms with Crippen molar-refractivity contribution < 1.29 is 14.3 Å². The normalized spacial score (nSPS) is 12.3. The van der Waals surface area contributed by atoms with E-state index in [1.54, 1.807) is 6.92 Å². The van der Waals surface area contributed by atoms with E-state index in [0.29, 0.717) is 0 Å². The van der Waals surface area contributed by atoms with Crippen LogP contribution in [0.2, 0.25) is 13.3 Å². The molecule has 0 saturated carbocycles. The topological polar surface area (TPSA) is 50.4 Å². The molecule has 1 rings (SSSR count). The van der Waals surface area contributed by atoms with Crippen LogP contribution in [0.3, 0.4) is 0 Å². The van der Waals surface area contributed by atoms with Gasteiger partial charge in [-0.25, -0.2) is 0 Å². The predicted molar refractivity (Wildman–Crippen MR) is 124 cm³/mol. The monoisotopic (exact) mass is 502 g/mol. The molecule has 0 fully saturated rings. The van der Waals surface area contributed by atoms with E-state index >= 15 is 0 Å². The Morgan fingerprint density at radius 1 is 0.929 bits per heavy atom. The van der Waals surface area contributed by atoms with Crippen LogP contribution >= 0.6 is 0 Å². The number of furan rings is 1. The molecule has 4 heteroatoms. The zero-order valence-electron chi connectivity index (χ0n) is 19.3. The summed E-state index contributed by atoms with van der Waals surface area (Å²) in [5.74, 6) is -0.831. The summed E-state index contributed by atoms with van der Waals surface area (Å²) < 4.78 is 11.8. The molecular weight excluding hydrogens is 455 g/mol. The van der Waals surface area contributed by atoms with Crippen molar-refractivity contribution in [2.75, 3.05) is 0 Å². The second-order valence-electron chi connectivity index (χ2n) is 8.30. The van der Waals surface area contributed by atoms with E-state index in [1.807, 2.05) is 6.26 Å². The number of carbonyl (C=O) groups is 1. The van der Waals surface area contributed by atoms with Crippen LogP contribution in [-0.2, 0) is 4.79 Å². The van der Waals surface area contributed by atoms with Gasteiger partial charge in [0.15, 0.2) is 0 Å². The van der Waals surface area contributed by atoms with Crippen molar-refractivity contribution in [2.24, 2.45) is 5.92 Å². The molecule has 0 aliphatic heterocycles. The van der Waals surface area contributed by atoms with Crippen LogP contribution in [0.5, 0.6) is 0 Å². The molecule has 0 aliphatic carbocycles. The standard InChI is InChI=1S/C8H16O2.C4H3O.3C4H9.Sn/c1-3-4-5-6-7(2)8(9)10;1-2-4-5-3-1;3*1-3-4-2;/h7H,3-6H2,1-2H3,(H,9,10);1-3H;3*1,3-4H2,2H3;. The first kappa shape index (κ1) is 27.5. The zero-order valence-corrected chi connectivity index (χ0v) is 22.1. The Labute approximate surface area is 178 Å². The Kier molecular flexibility index (Phi) is 17.1. The molecule has 28 heavy (non-hydrogen) atoms. The molecule has 164 valence electrons. The van der Waals surface area contributed by atoms with Gasteiger partial charge >= 0.3 is 124 Å². The van der Waals surface area contributed by atoms with Crippen molar-refractivity contribution in [1.82, 2.24) is 0 Å². The van der Waals surface area contributed by atoms with Crippen molar-refractivity contribution >= 4 is 28.1 Å². The maximum atomic E-state index is 10.3. The second-order valence-corrected chi connectivity index (χ2v) is 21.3. The molecule has 0 aromatic carbocycles. The number of hydrogen-bond acceptors (Lipinski definition) is 2. The van der Waals surface area contributed by atoms with Crippen LogP contribution in [0.15, 0.2) is 22.8 Å². The quantitative estimate of drug-likeness (QED) is 0.199.